The number of alkyl halides is 3. The zero-order valence-corrected chi connectivity index (χ0v) is 14.1. The van der Waals surface area contributed by atoms with E-state index in [-0.39, 0.29) is 10.7 Å². The summed E-state index contributed by atoms with van der Waals surface area (Å²) in [6.45, 7) is 0.704. The Morgan fingerprint density at radius 3 is 2.20 bits per heavy atom. The minimum atomic E-state index is -4.50. The van der Waals surface area contributed by atoms with Crippen molar-refractivity contribution in [3.8, 4) is 0 Å². The lowest BCUT2D eigenvalue weighted by Crippen LogP contribution is -2.39. The number of sulfone groups is 1. The van der Waals surface area contributed by atoms with E-state index in [1.165, 1.54) is 12.1 Å². The molecule has 0 amide bonds. The first-order valence-corrected chi connectivity index (χ1v) is 9.41. The summed E-state index contributed by atoms with van der Waals surface area (Å²) in [5, 5.41) is -0.531. The first kappa shape index (κ1) is 17.7. The number of pyridine rings is 1. The summed E-state index contributed by atoms with van der Waals surface area (Å²) in [6.07, 6.45) is -3.78. The van der Waals surface area contributed by atoms with Gasteiger partial charge in [0.25, 0.3) is 0 Å². The predicted octanol–water partition coefficient (Wildman–Crippen LogP) is 3.54. The Bertz CT molecular complexity index is 830. The maximum Gasteiger partial charge on any atom is 0.433 e. The van der Waals surface area contributed by atoms with Crippen LogP contribution >= 0.6 is 0 Å². The normalized spacial score (nSPS) is 16.8. The Morgan fingerprint density at radius 1 is 0.960 bits per heavy atom. The number of aromatic nitrogens is 1. The van der Waals surface area contributed by atoms with E-state index >= 15 is 0 Å². The van der Waals surface area contributed by atoms with E-state index < -0.39 is 27.0 Å². The summed E-state index contributed by atoms with van der Waals surface area (Å²) in [5.41, 5.74) is -0.941. The number of benzene rings is 1. The van der Waals surface area contributed by atoms with E-state index in [1.54, 1.807) is 35.2 Å². The van der Waals surface area contributed by atoms with E-state index in [0.717, 1.165) is 6.07 Å². The van der Waals surface area contributed by atoms with Crippen LogP contribution in [0.25, 0.3) is 0 Å². The first-order valence-electron chi connectivity index (χ1n) is 7.86. The van der Waals surface area contributed by atoms with Gasteiger partial charge in [0.05, 0.1) is 10.1 Å². The molecule has 1 aromatic carbocycles. The molecule has 1 aliphatic heterocycles. The lowest BCUT2D eigenvalue weighted by atomic mass is 10.1. The highest BCUT2D eigenvalue weighted by molar-refractivity contribution is 7.92. The Kier molecular flexibility index (Phi) is 4.73. The largest absolute Gasteiger partial charge is 0.433 e. The number of hydrogen-bond acceptors (Lipinski definition) is 4. The van der Waals surface area contributed by atoms with Crippen molar-refractivity contribution < 1.29 is 21.6 Å². The third-order valence-corrected chi connectivity index (χ3v) is 6.58. The summed E-state index contributed by atoms with van der Waals surface area (Å²) in [5.74, 6) is 0.227. The smallest absolute Gasteiger partial charge is 0.357 e. The highest BCUT2D eigenvalue weighted by atomic mass is 32.2. The number of hydrogen-bond donors (Lipinski definition) is 0. The van der Waals surface area contributed by atoms with E-state index in [4.69, 9.17) is 0 Å². The fourth-order valence-corrected chi connectivity index (χ4v) is 4.71. The lowest BCUT2D eigenvalue weighted by Gasteiger charge is -2.32. The van der Waals surface area contributed by atoms with Crippen LogP contribution in [0.4, 0.5) is 19.0 Å². The van der Waals surface area contributed by atoms with Crippen molar-refractivity contribution >= 4 is 15.7 Å². The molecule has 8 heteroatoms. The molecule has 0 N–H and O–H groups in total. The van der Waals surface area contributed by atoms with Gasteiger partial charge in [0.15, 0.2) is 9.84 Å². The summed E-state index contributed by atoms with van der Waals surface area (Å²) in [4.78, 5) is 5.65. The molecule has 1 saturated heterocycles. The van der Waals surface area contributed by atoms with Crippen LogP contribution in [0.2, 0.25) is 0 Å². The van der Waals surface area contributed by atoms with Crippen molar-refractivity contribution in [1.82, 2.24) is 4.98 Å². The van der Waals surface area contributed by atoms with Gasteiger partial charge in [-0.3, -0.25) is 0 Å². The van der Waals surface area contributed by atoms with Gasteiger partial charge in [-0.1, -0.05) is 24.3 Å². The molecule has 2 heterocycles. The molecule has 0 aliphatic carbocycles. The molecule has 1 aromatic heterocycles. The average molecular weight is 370 g/mol. The Labute approximate surface area is 144 Å². The molecule has 0 atom stereocenters. The van der Waals surface area contributed by atoms with Gasteiger partial charge in [-0.05, 0) is 37.1 Å². The summed E-state index contributed by atoms with van der Waals surface area (Å²) >= 11 is 0. The number of anilines is 1. The molecule has 134 valence electrons. The van der Waals surface area contributed by atoms with Gasteiger partial charge in [0, 0.05) is 13.1 Å². The fourth-order valence-electron chi connectivity index (χ4n) is 2.96. The molecule has 25 heavy (non-hydrogen) atoms. The molecule has 0 saturated carbocycles. The molecule has 4 nitrogen and oxygen atoms in total. The second-order valence-electron chi connectivity index (χ2n) is 5.92. The Morgan fingerprint density at radius 2 is 1.60 bits per heavy atom. The van der Waals surface area contributed by atoms with Crippen molar-refractivity contribution in [3.63, 3.8) is 0 Å². The van der Waals surface area contributed by atoms with Gasteiger partial charge in [-0.15, -0.1) is 0 Å². The van der Waals surface area contributed by atoms with Gasteiger partial charge >= 0.3 is 6.18 Å². The standard InChI is InChI=1S/C17H17F3N2O2S/c18-17(19,20)15-7-4-8-16(21-15)22-11-9-14(10-12-22)25(23,24)13-5-2-1-3-6-13/h1-8,14H,9-12H2. The molecule has 3 rings (SSSR count). The molecule has 1 aliphatic rings. The van der Waals surface area contributed by atoms with Gasteiger partial charge in [0.2, 0.25) is 0 Å². The third kappa shape index (κ3) is 3.78. The van der Waals surface area contributed by atoms with Crippen molar-refractivity contribution in [2.24, 2.45) is 0 Å². The van der Waals surface area contributed by atoms with Gasteiger partial charge in [0.1, 0.15) is 11.5 Å². The highest BCUT2D eigenvalue weighted by Gasteiger charge is 2.34. The first-order chi connectivity index (χ1) is 11.8. The zero-order valence-electron chi connectivity index (χ0n) is 13.3. The van der Waals surface area contributed by atoms with Crippen molar-refractivity contribution in [3.05, 3.63) is 54.2 Å². The minimum Gasteiger partial charge on any atom is -0.357 e. The molecular weight excluding hydrogens is 353 g/mol. The average Bonchev–Trinajstić information content (AvgIpc) is 2.62. The maximum atomic E-state index is 12.8. The van der Waals surface area contributed by atoms with E-state index in [2.05, 4.69) is 4.98 Å². The van der Waals surface area contributed by atoms with Crippen molar-refractivity contribution in [1.29, 1.82) is 0 Å². The maximum absolute atomic E-state index is 12.8. The van der Waals surface area contributed by atoms with Crippen LogP contribution < -0.4 is 4.90 Å². The van der Waals surface area contributed by atoms with Crippen LogP contribution in [-0.2, 0) is 16.0 Å². The topological polar surface area (TPSA) is 50.3 Å². The zero-order chi connectivity index (χ0) is 18.1. The van der Waals surface area contributed by atoms with E-state index in [1.807, 2.05) is 0 Å². The molecule has 0 spiro atoms. The number of rotatable bonds is 3. The molecule has 0 unspecified atom stereocenters. The van der Waals surface area contributed by atoms with Crippen LogP contribution in [-0.4, -0.2) is 31.7 Å². The predicted molar refractivity (Wildman–Crippen MR) is 88.1 cm³/mol. The molecule has 1 fully saturated rings. The van der Waals surface area contributed by atoms with Crippen molar-refractivity contribution in [2.75, 3.05) is 18.0 Å². The highest BCUT2D eigenvalue weighted by Crippen LogP contribution is 2.30. The SMILES string of the molecule is O=S(=O)(c1ccccc1)C1CCN(c2cccc(C(F)(F)F)n2)CC1. The van der Waals surface area contributed by atoms with E-state index in [9.17, 15) is 21.6 Å². The number of halogens is 3. The quantitative estimate of drug-likeness (QED) is 0.829. The second-order valence-corrected chi connectivity index (χ2v) is 8.15. The Balaban J connectivity index is 1.72. The second kappa shape index (κ2) is 6.67. The summed E-state index contributed by atoms with van der Waals surface area (Å²) in [6, 6.07) is 12.0. The van der Waals surface area contributed by atoms with Crippen molar-refractivity contribution in [2.45, 2.75) is 29.2 Å². The number of piperidine rings is 1. The van der Waals surface area contributed by atoms with E-state index in [0.29, 0.717) is 25.9 Å². The molecule has 0 radical (unpaired) electrons. The monoisotopic (exact) mass is 370 g/mol. The molecule has 0 bridgehead atoms. The molecule has 2 aromatic rings. The van der Waals surface area contributed by atoms with Crippen LogP contribution in [0.1, 0.15) is 18.5 Å². The Hall–Kier alpha value is -2.09. The summed E-state index contributed by atoms with van der Waals surface area (Å²) in [7, 11) is -3.43. The van der Waals surface area contributed by atoms with Crippen LogP contribution in [0.3, 0.4) is 0 Å². The number of nitrogens with zero attached hydrogens (tertiary/aromatic N) is 2. The van der Waals surface area contributed by atoms with Gasteiger partial charge < -0.3 is 4.90 Å². The lowest BCUT2D eigenvalue weighted by molar-refractivity contribution is -0.141. The fraction of sp³-hybridized carbons (Fsp3) is 0.353. The van der Waals surface area contributed by atoms with Crippen LogP contribution in [0.5, 0.6) is 0 Å². The molecular formula is C17H17F3N2O2S. The van der Waals surface area contributed by atoms with Gasteiger partial charge in [-0.25, -0.2) is 13.4 Å². The van der Waals surface area contributed by atoms with Crippen LogP contribution in [0, 0.1) is 0 Å². The third-order valence-electron chi connectivity index (χ3n) is 4.30. The van der Waals surface area contributed by atoms with Gasteiger partial charge in [-0.2, -0.15) is 13.2 Å². The summed E-state index contributed by atoms with van der Waals surface area (Å²) < 4.78 is 63.6. The van der Waals surface area contributed by atoms with Crippen LogP contribution in [0.15, 0.2) is 53.4 Å². The minimum absolute atomic E-state index is 0.227.